The monoisotopic (exact) mass is 232 g/mol. The number of carbonyl (C=O) groups is 1. The Bertz CT molecular complexity index is 364. The zero-order valence-corrected chi connectivity index (χ0v) is 9.98. The number of carbonyl (C=O) groups excluding carboxylic acids is 1. The lowest BCUT2D eigenvalue weighted by atomic mass is 10.2. The Morgan fingerprint density at radius 3 is 2.00 bits per heavy atom. The lowest BCUT2D eigenvalue weighted by Crippen LogP contribution is -2.18. The predicted octanol–water partition coefficient (Wildman–Crippen LogP) is 2.69. The highest BCUT2D eigenvalue weighted by Crippen LogP contribution is 2.13. The third kappa shape index (κ3) is 3.24. The van der Waals surface area contributed by atoms with E-state index in [2.05, 4.69) is 0 Å². The van der Waals surface area contributed by atoms with Crippen molar-refractivity contribution in [1.82, 2.24) is 0 Å². The van der Waals surface area contributed by atoms with Crippen LogP contribution in [-0.2, 0) is 14.1 Å². The summed E-state index contributed by atoms with van der Waals surface area (Å²) < 4.78 is 11.4. The lowest BCUT2D eigenvalue weighted by molar-refractivity contribution is 0.107. The van der Waals surface area contributed by atoms with Crippen LogP contribution < -0.4 is 0 Å². The summed E-state index contributed by atoms with van der Waals surface area (Å²) in [5.74, 6) is 0. The first-order chi connectivity index (χ1) is 5.91. The summed E-state index contributed by atoms with van der Waals surface area (Å²) >= 11 is 5.65. The molecule has 0 aliphatic heterocycles. The van der Waals surface area contributed by atoms with Gasteiger partial charge in [-0.05, 0) is 24.3 Å². The van der Waals surface area contributed by atoms with Crippen molar-refractivity contribution >= 4 is 26.6 Å². The van der Waals surface area contributed by atoms with Crippen molar-refractivity contribution in [2.45, 2.75) is 0 Å². The van der Waals surface area contributed by atoms with Crippen LogP contribution in [0.5, 0.6) is 0 Å². The van der Waals surface area contributed by atoms with Gasteiger partial charge in [0.15, 0.2) is 0 Å². The second-order valence-electron chi connectivity index (χ2n) is 3.03. The van der Waals surface area contributed by atoms with Gasteiger partial charge in [0.25, 0.3) is 0 Å². The Labute approximate surface area is 90.7 Å². The molecular formula is C10H13ClO2S. The molecule has 78 valence electrons. The Morgan fingerprint density at radius 1 is 1.21 bits per heavy atom. The maximum Gasteiger partial charge on any atom is 0.364 e. The van der Waals surface area contributed by atoms with Gasteiger partial charge in [0.2, 0.25) is 0 Å². The number of rotatable bonds is 1. The fourth-order valence-electron chi connectivity index (χ4n) is 0.870. The Morgan fingerprint density at radius 2 is 1.64 bits per heavy atom. The summed E-state index contributed by atoms with van der Waals surface area (Å²) in [5, 5.41) is 0.236. The molecule has 4 heteroatoms. The van der Waals surface area contributed by atoms with Gasteiger partial charge in [0.05, 0.1) is 5.56 Å². The first-order valence-corrected chi connectivity index (χ1v) is 6.40. The molecule has 0 fully saturated rings. The van der Waals surface area contributed by atoms with Crippen molar-refractivity contribution in [2.75, 3.05) is 12.5 Å². The van der Waals surface area contributed by atoms with E-state index in [-0.39, 0.29) is 12.5 Å². The van der Waals surface area contributed by atoms with Crippen molar-refractivity contribution in [2.24, 2.45) is 0 Å². The molecule has 14 heavy (non-hydrogen) atoms. The first-order valence-electron chi connectivity index (χ1n) is 3.65. The molecule has 0 N–H and O–H groups in total. The van der Waals surface area contributed by atoms with E-state index in [0.717, 1.165) is 0 Å². The average molecular weight is 233 g/mol. The van der Waals surface area contributed by atoms with Crippen LogP contribution in [-0.4, -0.2) is 17.6 Å². The highest BCUT2D eigenvalue weighted by Gasteiger charge is 2.27. The van der Waals surface area contributed by atoms with E-state index in [4.69, 9.17) is 11.6 Å². The van der Waals surface area contributed by atoms with E-state index in [1.807, 2.05) is 0 Å². The molecule has 0 spiro atoms. The quantitative estimate of drug-likeness (QED) is 0.551. The van der Waals surface area contributed by atoms with Crippen molar-refractivity contribution in [3.05, 3.63) is 42.3 Å². The third-order valence-electron chi connectivity index (χ3n) is 1.53. The Hall–Kier alpha value is -0.670. The smallest absolute Gasteiger partial charge is 0.358 e. The molecular weight excluding hydrogens is 220 g/mol. The lowest BCUT2D eigenvalue weighted by Gasteiger charge is -1.98. The second-order valence-corrected chi connectivity index (χ2v) is 6.30. The fourth-order valence-corrected chi connectivity index (χ4v) is 1.70. The molecule has 1 aromatic carbocycles. The molecule has 0 saturated carbocycles. The summed E-state index contributed by atoms with van der Waals surface area (Å²) in [6.07, 6.45) is 2.87. The van der Waals surface area contributed by atoms with Gasteiger partial charge in [-0.15, -0.1) is 0 Å². The molecule has 0 aromatic heterocycles. The molecule has 1 rings (SSSR count). The molecule has 1 aromatic rings. The van der Waals surface area contributed by atoms with Crippen LogP contribution in [0.3, 0.4) is 0 Å². The third-order valence-corrected chi connectivity index (χ3v) is 2.91. The van der Waals surface area contributed by atoms with Gasteiger partial charge >= 0.3 is 5.12 Å². The van der Waals surface area contributed by atoms with E-state index in [0.29, 0.717) is 10.6 Å². The minimum Gasteiger partial charge on any atom is -0.358 e. The van der Waals surface area contributed by atoms with Gasteiger partial charge in [0, 0.05) is 5.02 Å². The van der Waals surface area contributed by atoms with E-state index >= 15 is 0 Å². The van der Waals surface area contributed by atoms with E-state index in [1.165, 1.54) is 12.5 Å². The van der Waals surface area contributed by atoms with Crippen molar-refractivity contribution in [3.8, 4) is 0 Å². The van der Waals surface area contributed by atoms with Crippen LogP contribution in [0.25, 0.3) is 0 Å². The van der Waals surface area contributed by atoms with Crippen molar-refractivity contribution < 1.29 is 9.00 Å². The summed E-state index contributed by atoms with van der Waals surface area (Å²) in [6, 6.07) is 6.38. The SMILES string of the molecule is C[S+](C)(=O)C(=O)c1ccc(Cl)cc1.[CH3-]. The van der Waals surface area contributed by atoms with Gasteiger partial charge < -0.3 is 7.43 Å². The minimum atomic E-state index is -2.40. The first kappa shape index (κ1) is 13.3. The number of benzene rings is 1. The van der Waals surface area contributed by atoms with Crippen LogP contribution >= 0.6 is 11.6 Å². The molecule has 0 atom stereocenters. The van der Waals surface area contributed by atoms with Gasteiger partial charge in [-0.2, -0.15) is 0 Å². The normalized spacial score (nSPS) is 10.5. The van der Waals surface area contributed by atoms with Crippen LogP contribution in [0.1, 0.15) is 10.4 Å². The predicted molar refractivity (Wildman–Crippen MR) is 62.1 cm³/mol. The summed E-state index contributed by atoms with van der Waals surface area (Å²) in [5.41, 5.74) is 0.444. The van der Waals surface area contributed by atoms with Crippen molar-refractivity contribution in [3.63, 3.8) is 0 Å². The van der Waals surface area contributed by atoms with Gasteiger partial charge in [-0.1, -0.05) is 15.8 Å². The molecule has 0 bridgehead atoms. The maximum atomic E-state index is 11.5. The highest BCUT2D eigenvalue weighted by molar-refractivity contribution is 8.15. The van der Waals surface area contributed by atoms with Crippen LogP contribution in [0.15, 0.2) is 24.3 Å². The molecule has 0 radical (unpaired) electrons. The number of hydrogen-bond acceptors (Lipinski definition) is 2. The topological polar surface area (TPSA) is 34.1 Å². The van der Waals surface area contributed by atoms with Crippen molar-refractivity contribution in [1.29, 1.82) is 0 Å². The standard InChI is InChI=1S/C9H10ClO2S.CH3/c1-13(2,12)9(11)7-3-5-8(10)6-4-7;/h3-6H,1-2H3;1H3/q+1;-1. The largest absolute Gasteiger partial charge is 0.364 e. The zero-order chi connectivity index (χ0) is 10.1. The molecule has 0 aliphatic rings. The summed E-state index contributed by atoms with van der Waals surface area (Å²) in [6.45, 7) is 0. The summed E-state index contributed by atoms with van der Waals surface area (Å²) in [7, 11) is -2.40. The Kier molecular flexibility index (Phi) is 4.49. The summed E-state index contributed by atoms with van der Waals surface area (Å²) in [4.78, 5) is 11.5. The second kappa shape index (κ2) is 4.71. The maximum absolute atomic E-state index is 11.5. The van der Waals surface area contributed by atoms with Crippen LogP contribution in [0.4, 0.5) is 0 Å². The highest BCUT2D eigenvalue weighted by atomic mass is 35.5. The Balaban J connectivity index is 0.00000169. The van der Waals surface area contributed by atoms with Crippen LogP contribution in [0, 0.1) is 7.43 Å². The van der Waals surface area contributed by atoms with Gasteiger partial charge in [-0.25, -0.2) is 4.79 Å². The number of hydrogen-bond donors (Lipinski definition) is 0. The molecule has 0 amide bonds. The molecule has 0 unspecified atom stereocenters. The van der Waals surface area contributed by atoms with Gasteiger partial charge in [-0.3, -0.25) is 0 Å². The van der Waals surface area contributed by atoms with E-state index < -0.39 is 9.93 Å². The number of halogens is 1. The fraction of sp³-hybridized carbons (Fsp3) is 0.200. The molecule has 2 nitrogen and oxygen atoms in total. The zero-order valence-electron chi connectivity index (χ0n) is 8.41. The van der Waals surface area contributed by atoms with E-state index in [9.17, 15) is 9.00 Å². The molecule has 0 aliphatic carbocycles. The van der Waals surface area contributed by atoms with Gasteiger partial charge in [0.1, 0.15) is 22.4 Å². The minimum absolute atomic E-state index is 0. The average Bonchev–Trinajstić information content (AvgIpc) is 2.03. The molecule has 0 heterocycles. The molecule has 0 saturated heterocycles. The van der Waals surface area contributed by atoms with E-state index in [1.54, 1.807) is 24.3 Å². The van der Waals surface area contributed by atoms with Crippen LogP contribution in [0.2, 0.25) is 5.02 Å².